The standard InChI is InChI=1S/C15H26N2O3/c1-11(2)14(17-8-4-6-13(17)19)15(20)16-7-3-5-12(9-16)10-18/h11-12,14,18H,3-10H2,1-2H3. The Hall–Kier alpha value is -1.10. The number of hydrogen-bond acceptors (Lipinski definition) is 3. The predicted octanol–water partition coefficient (Wildman–Crippen LogP) is 0.864. The second-order valence-corrected chi connectivity index (χ2v) is 6.35. The van der Waals surface area contributed by atoms with Crippen molar-refractivity contribution in [3.8, 4) is 0 Å². The van der Waals surface area contributed by atoms with Gasteiger partial charge in [0.2, 0.25) is 11.8 Å². The lowest BCUT2D eigenvalue weighted by atomic mass is 9.95. The van der Waals surface area contributed by atoms with Crippen LogP contribution in [0.5, 0.6) is 0 Å². The number of carbonyl (C=O) groups is 2. The fraction of sp³-hybridized carbons (Fsp3) is 0.867. The Morgan fingerprint density at radius 3 is 2.65 bits per heavy atom. The molecule has 5 nitrogen and oxygen atoms in total. The summed E-state index contributed by atoms with van der Waals surface area (Å²) in [6.45, 7) is 6.22. The number of aliphatic hydroxyl groups excluding tert-OH is 1. The number of piperidine rings is 1. The fourth-order valence-corrected chi connectivity index (χ4v) is 3.34. The van der Waals surface area contributed by atoms with Gasteiger partial charge >= 0.3 is 0 Å². The van der Waals surface area contributed by atoms with Crippen molar-refractivity contribution in [1.29, 1.82) is 0 Å². The van der Waals surface area contributed by atoms with Gasteiger partial charge in [-0.1, -0.05) is 13.8 Å². The lowest BCUT2D eigenvalue weighted by Gasteiger charge is -2.38. The van der Waals surface area contributed by atoms with E-state index in [1.54, 1.807) is 4.90 Å². The minimum Gasteiger partial charge on any atom is -0.396 e. The minimum atomic E-state index is -0.331. The number of likely N-dealkylation sites (tertiary alicyclic amines) is 2. The Bertz CT molecular complexity index is 370. The Balaban J connectivity index is 2.08. The van der Waals surface area contributed by atoms with E-state index >= 15 is 0 Å². The highest BCUT2D eigenvalue weighted by Crippen LogP contribution is 2.23. The number of nitrogens with zero attached hydrogens (tertiary/aromatic N) is 2. The monoisotopic (exact) mass is 282 g/mol. The third-order valence-electron chi connectivity index (χ3n) is 4.42. The van der Waals surface area contributed by atoms with Gasteiger partial charge in [0.05, 0.1) is 0 Å². The molecule has 5 heteroatoms. The van der Waals surface area contributed by atoms with E-state index in [4.69, 9.17) is 0 Å². The molecular formula is C15H26N2O3. The van der Waals surface area contributed by atoms with Crippen LogP contribution in [-0.2, 0) is 9.59 Å². The zero-order valence-corrected chi connectivity index (χ0v) is 12.5. The Labute approximate surface area is 120 Å². The van der Waals surface area contributed by atoms with Gasteiger partial charge in [0.15, 0.2) is 0 Å². The Morgan fingerprint density at radius 1 is 1.35 bits per heavy atom. The van der Waals surface area contributed by atoms with Crippen LogP contribution >= 0.6 is 0 Å². The lowest BCUT2D eigenvalue weighted by Crippen LogP contribution is -2.54. The van der Waals surface area contributed by atoms with Crippen molar-refractivity contribution in [2.75, 3.05) is 26.2 Å². The molecule has 0 spiro atoms. The molecule has 2 amide bonds. The van der Waals surface area contributed by atoms with Crippen molar-refractivity contribution in [3.05, 3.63) is 0 Å². The Kier molecular flexibility index (Phi) is 5.02. The molecule has 0 aromatic heterocycles. The lowest BCUT2D eigenvalue weighted by molar-refractivity contribution is -0.146. The topological polar surface area (TPSA) is 60.9 Å². The zero-order chi connectivity index (χ0) is 14.7. The first-order chi connectivity index (χ1) is 9.54. The SMILES string of the molecule is CC(C)C(C(=O)N1CCCC(CO)C1)N1CCCC1=O. The van der Waals surface area contributed by atoms with Crippen LogP contribution in [0.3, 0.4) is 0 Å². The number of aliphatic hydroxyl groups is 1. The van der Waals surface area contributed by atoms with E-state index in [0.717, 1.165) is 25.8 Å². The van der Waals surface area contributed by atoms with Crippen LogP contribution in [0.2, 0.25) is 0 Å². The van der Waals surface area contributed by atoms with E-state index in [0.29, 0.717) is 19.5 Å². The molecule has 2 aliphatic rings. The van der Waals surface area contributed by atoms with Crippen molar-refractivity contribution in [1.82, 2.24) is 9.80 Å². The minimum absolute atomic E-state index is 0.0633. The van der Waals surface area contributed by atoms with Crippen molar-refractivity contribution >= 4 is 11.8 Å². The summed E-state index contributed by atoms with van der Waals surface area (Å²) in [4.78, 5) is 28.3. The van der Waals surface area contributed by atoms with Crippen LogP contribution in [-0.4, -0.2) is 59.0 Å². The molecule has 0 aromatic rings. The molecule has 0 radical (unpaired) electrons. The van der Waals surface area contributed by atoms with Crippen LogP contribution in [0.15, 0.2) is 0 Å². The molecule has 2 atom stereocenters. The quantitative estimate of drug-likeness (QED) is 0.832. The molecule has 20 heavy (non-hydrogen) atoms. The van der Waals surface area contributed by atoms with E-state index in [1.165, 1.54) is 0 Å². The largest absolute Gasteiger partial charge is 0.396 e. The number of hydrogen-bond donors (Lipinski definition) is 1. The summed E-state index contributed by atoms with van der Waals surface area (Å²) in [5.41, 5.74) is 0. The van der Waals surface area contributed by atoms with Gasteiger partial charge in [0.25, 0.3) is 0 Å². The van der Waals surface area contributed by atoms with E-state index in [9.17, 15) is 14.7 Å². The molecule has 0 aromatic carbocycles. The molecule has 0 saturated carbocycles. The highest BCUT2D eigenvalue weighted by Gasteiger charge is 2.38. The Morgan fingerprint density at radius 2 is 2.10 bits per heavy atom. The van der Waals surface area contributed by atoms with Gasteiger partial charge in [-0.05, 0) is 31.1 Å². The number of carbonyl (C=O) groups excluding carboxylic acids is 2. The maximum Gasteiger partial charge on any atom is 0.245 e. The average molecular weight is 282 g/mol. The zero-order valence-electron chi connectivity index (χ0n) is 12.5. The van der Waals surface area contributed by atoms with E-state index in [2.05, 4.69) is 0 Å². The number of amides is 2. The maximum absolute atomic E-state index is 12.8. The van der Waals surface area contributed by atoms with Gasteiger partial charge in [0, 0.05) is 32.7 Å². The molecule has 114 valence electrons. The average Bonchev–Trinajstić information content (AvgIpc) is 2.85. The van der Waals surface area contributed by atoms with Gasteiger partial charge in [-0.2, -0.15) is 0 Å². The van der Waals surface area contributed by atoms with Gasteiger partial charge in [-0.3, -0.25) is 9.59 Å². The predicted molar refractivity (Wildman–Crippen MR) is 76.0 cm³/mol. The summed E-state index contributed by atoms with van der Waals surface area (Å²) < 4.78 is 0. The maximum atomic E-state index is 12.8. The molecule has 2 aliphatic heterocycles. The van der Waals surface area contributed by atoms with E-state index in [-0.39, 0.29) is 36.3 Å². The molecular weight excluding hydrogens is 256 g/mol. The normalized spacial score (nSPS) is 25.4. The van der Waals surface area contributed by atoms with Crippen molar-refractivity contribution < 1.29 is 14.7 Å². The third kappa shape index (κ3) is 3.14. The van der Waals surface area contributed by atoms with E-state index < -0.39 is 0 Å². The van der Waals surface area contributed by atoms with Crippen molar-refractivity contribution in [2.45, 2.75) is 45.6 Å². The highest BCUT2D eigenvalue weighted by atomic mass is 16.3. The molecule has 2 saturated heterocycles. The molecule has 2 heterocycles. The summed E-state index contributed by atoms with van der Waals surface area (Å²) in [7, 11) is 0. The summed E-state index contributed by atoms with van der Waals surface area (Å²) in [5, 5.41) is 9.29. The van der Waals surface area contributed by atoms with Gasteiger partial charge in [0.1, 0.15) is 6.04 Å². The third-order valence-corrected chi connectivity index (χ3v) is 4.42. The van der Waals surface area contributed by atoms with E-state index in [1.807, 2.05) is 18.7 Å². The van der Waals surface area contributed by atoms with Gasteiger partial charge in [-0.15, -0.1) is 0 Å². The summed E-state index contributed by atoms with van der Waals surface area (Å²) in [5.74, 6) is 0.481. The first kappa shape index (κ1) is 15.3. The molecule has 2 rings (SSSR count). The van der Waals surface area contributed by atoms with Gasteiger partial charge in [-0.25, -0.2) is 0 Å². The number of rotatable bonds is 4. The summed E-state index contributed by atoms with van der Waals surface area (Å²) in [6.07, 6.45) is 3.34. The fourth-order valence-electron chi connectivity index (χ4n) is 3.34. The van der Waals surface area contributed by atoms with Crippen LogP contribution in [0.4, 0.5) is 0 Å². The van der Waals surface area contributed by atoms with Crippen molar-refractivity contribution in [3.63, 3.8) is 0 Å². The first-order valence-electron chi connectivity index (χ1n) is 7.73. The van der Waals surface area contributed by atoms with Gasteiger partial charge < -0.3 is 14.9 Å². The summed E-state index contributed by atoms with van der Waals surface area (Å²) >= 11 is 0. The molecule has 0 bridgehead atoms. The van der Waals surface area contributed by atoms with Crippen LogP contribution < -0.4 is 0 Å². The second kappa shape index (κ2) is 6.57. The highest BCUT2D eigenvalue weighted by molar-refractivity contribution is 5.88. The molecule has 2 unspecified atom stereocenters. The second-order valence-electron chi connectivity index (χ2n) is 6.35. The smallest absolute Gasteiger partial charge is 0.245 e. The van der Waals surface area contributed by atoms with Crippen LogP contribution in [0.25, 0.3) is 0 Å². The molecule has 2 fully saturated rings. The molecule has 1 N–H and O–H groups in total. The first-order valence-corrected chi connectivity index (χ1v) is 7.73. The van der Waals surface area contributed by atoms with Crippen LogP contribution in [0, 0.1) is 11.8 Å². The summed E-state index contributed by atoms with van der Waals surface area (Å²) in [6, 6.07) is -0.331. The van der Waals surface area contributed by atoms with Crippen molar-refractivity contribution in [2.24, 2.45) is 11.8 Å². The van der Waals surface area contributed by atoms with Crippen LogP contribution in [0.1, 0.15) is 39.5 Å². The molecule has 0 aliphatic carbocycles.